The molecule has 0 aliphatic carbocycles. The van der Waals surface area contributed by atoms with Gasteiger partial charge in [0.25, 0.3) is 10.1 Å². The second-order valence-electron chi connectivity index (χ2n) is 3.84. The molecule has 0 saturated carbocycles. The van der Waals surface area contributed by atoms with Crippen molar-refractivity contribution in [3.63, 3.8) is 0 Å². The Kier molecular flexibility index (Phi) is 4.28. The van der Waals surface area contributed by atoms with Gasteiger partial charge in [-0.05, 0) is 24.3 Å². The van der Waals surface area contributed by atoms with E-state index in [1.54, 1.807) is 18.2 Å². The molecule has 0 aliphatic rings. The van der Waals surface area contributed by atoms with Crippen molar-refractivity contribution in [2.45, 2.75) is 9.79 Å². The highest BCUT2D eigenvalue weighted by Crippen LogP contribution is 2.23. The van der Waals surface area contributed by atoms with E-state index in [1.807, 2.05) is 0 Å². The molecular weight excluding hydrogens is 320 g/mol. The summed E-state index contributed by atoms with van der Waals surface area (Å²) in [6.07, 6.45) is 0. The third kappa shape index (κ3) is 3.79. The van der Waals surface area contributed by atoms with Crippen LogP contribution in [0.1, 0.15) is 0 Å². The molecule has 0 radical (unpaired) electrons. The van der Waals surface area contributed by atoms with Crippen LogP contribution in [-0.4, -0.2) is 21.4 Å². The molecule has 0 unspecified atom stereocenters. The zero-order valence-corrected chi connectivity index (χ0v) is 12.0. The lowest BCUT2D eigenvalue weighted by Gasteiger charge is -2.08. The van der Waals surface area contributed by atoms with Gasteiger partial charge in [0.05, 0.1) is 0 Å². The Labute approximate surface area is 121 Å². The molecule has 1 N–H and O–H groups in total. The molecule has 0 amide bonds. The molecule has 0 heterocycles. The summed E-state index contributed by atoms with van der Waals surface area (Å²) in [6, 6.07) is 12.2. The van der Waals surface area contributed by atoms with Crippen molar-refractivity contribution in [3.8, 4) is 5.75 Å². The minimum absolute atomic E-state index is 0.116. The van der Waals surface area contributed by atoms with Crippen molar-refractivity contribution in [1.82, 2.24) is 0 Å². The molecule has 112 valence electrons. The first kappa shape index (κ1) is 15.4. The topological polar surface area (TPSA) is 107 Å². The highest BCUT2D eigenvalue weighted by Gasteiger charge is 2.27. The van der Waals surface area contributed by atoms with E-state index >= 15 is 0 Å². The van der Waals surface area contributed by atoms with Crippen molar-refractivity contribution in [2.75, 3.05) is 0 Å². The van der Waals surface area contributed by atoms with E-state index in [2.05, 4.69) is 9.22 Å². The summed E-state index contributed by atoms with van der Waals surface area (Å²) in [4.78, 5) is 3.12. The van der Waals surface area contributed by atoms with Crippen LogP contribution in [0, 0.1) is 0 Å². The van der Waals surface area contributed by atoms with E-state index in [0.717, 1.165) is 12.1 Å². The average molecular weight is 330 g/mol. The highest BCUT2D eigenvalue weighted by molar-refractivity contribution is 7.89. The Balaban J connectivity index is 2.33. The Morgan fingerprint density at radius 1 is 0.762 bits per heavy atom. The van der Waals surface area contributed by atoms with Gasteiger partial charge in [-0.1, -0.05) is 34.7 Å². The summed E-state index contributed by atoms with van der Waals surface area (Å²) < 4.78 is 59.6. The highest BCUT2D eigenvalue weighted by atomic mass is 32.2. The van der Waals surface area contributed by atoms with E-state index in [0.29, 0.717) is 0 Å². The summed E-state index contributed by atoms with van der Waals surface area (Å²) in [5.74, 6) is 0.116. The number of benzene rings is 2. The molecule has 0 aromatic heterocycles. The van der Waals surface area contributed by atoms with Crippen LogP contribution in [0.3, 0.4) is 0 Å². The molecule has 21 heavy (non-hydrogen) atoms. The van der Waals surface area contributed by atoms with Crippen LogP contribution >= 0.6 is 0 Å². The summed E-state index contributed by atoms with van der Waals surface area (Å²) in [7, 11) is -9.25. The maximum atomic E-state index is 12.0. The largest absolute Gasteiger partial charge is 0.333 e. The van der Waals surface area contributed by atoms with Crippen LogP contribution in [-0.2, 0) is 24.6 Å². The Bertz CT molecular complexity index is 827. The lowest BCUT2D eigenvalue weighted by molar-refractivity contribution is -0.0928. The maximum absolute atomic E-state index is 12.0. The molecule has 0 fully saturated rings. The van der Waals surface area contributed by atoms with E-state index < -0.39 is 30.0 Å². The first-order chi connectivity index (χ1) is 9.81. The fourth-order valence-corrected chi connectivity index (χ4v) is 3.46. The van der Waals surface area contributed by atoms with E-state index in [1.165, 1.54) is 24.3 Å². The predicted octanol–water partition coefficient (Wildman–Crippen LogP) is 1.63. The standard InChI is InChI=1S/C12H10O7S2/c13-20(14,15)11-8-4-5-9-12(11)21(16,17)19-18-10-6-2-1-3-7-10/h1-9H,(H,13,14,15). The molecule has 2 aromatic carbocycles. The minimum atomic E-state index is -4.71. The third-order valence-electron chi connectivity index (χ3n) is 2.36. The lowest BCUT2D eigenvalue weighted by Crippen LogP contribution is -2.13. The first-order valence-electron chi connectivity index (χ1n) is 5.53. The van der Waals surface area contributed by atoms with Crippen molar-refractivity contribution in [1.29, 1.82) is 0 Å². The molecule has 2 aromatic rings. The fourth-order valence-electron chi connectivity index (χ4n) is 1.47. The molecular formula is C12H10O7S2. The molecule has 9 heteroatoms. The van der Waals surface area contributed by atoms with Crippen LogP contribution in [0.4, 0.5) is 0 Å². The van der Waals surface area contributed by atoms with Gasteiger partial charge < -0.3 is 4.89 Å². The molecule has 0 bridgehead atoms. The van der Waals surface area contributed by atoms with Crippen LogP contribution in [0.2, 0.25) is 0 Å². The fraction of sp³-hybridized carbons (Fsp3) is 0. The number of rotatable bonds is 5. The van der Waals surface area contributed by atoms with Gasteiger partial charge in [0.1, 0.15) is 9.79 Å². The SMILES string of the molecule is O=S(=O)(O)c1ccccc1S(=O)(=O)OOc1ccccc1. The monoisotopic (exact) mass is 330 g/mol. The van der Waals surface area contributed by atoms with Gasteiger partial charge in [-0.3, -0.25) is 4.55 Å². The van der Waals surface area contributed by atoms with Gasteiger partial charge in [-0.25, -0.2) is 0 Å². The molecule has 2 rings (SSSR count). The lowest BCUT2D eigenvalue weighted by atomic mass is 10.3. The summed E-state index contributed by atoms with van der Waals surface area (Å²) >= 11 is 0. The molecule has 0 spiro atoms. The zero-order chi connectivity index (χ0) is 15.5. The average Bonchev–Trinajstić information content (AvgIpc) is 2.45. The van der Waals surface area contributed by atoms with Gasteiger partial charge in [0, 0.05) is 0 Å². The van der Waals surface area contributed by atoms with Crippen LogP contribution in [0.15, 0.2) is 64.4 Å². The summed E-state index contributed by atoms with van der Waals surface area (Å²) in [5.41, 5.74) is 0. The molecule has 0 atom stereocenters. The van der Waals surface area contributed by atoms with Crippen molar-refractivity contribution in [3.05, 3.63) is 54.6 Å². The second kappa shape index (κ2) is 5.82. The van der Waals surface area contributed by atoms with E-state index in [4.69, 9.17) is 4.55 Å². The van der Waals surface area contributed by atoms with Gasteiger partial charge in [0.2, 0.25) is 0 Å². The summed E-state index contributed by atoms with van der Waals surface area (Å²) in [5, 5.41) is 0. The zero-order valence-electron chi connectivity index (χ0n) is 10.4. The maximum Gasteiger partial charge on any atom is 0.333 e. The van der Waals surface area contributed by atoms with Gasteiger partial charge >= 0.3 is 10.1 Å². The molecule has 7 nitrogen and oxygen atoms in total. The normalized spacial score (nSPS) is 12.0. The minimum Gasteiger partial charge on any atom is -0.321 e. The smallest absolute Gasteiger partial charge is 0.321 e. The van der Waals surface area contributed by atoms with Crippen LogP contribution < -0.4 is 4.89 Å². The quantitative estimate of drug-likeness (QED) is 0.504. The van der Waals surface area contributed by atoms with E-state index in [9.17, 15) is 16.8 Å². The van der Waals surface area contributed by atoms with Crippen LogP contribution in [0.5, 0.6) is 5.75 Å². The number of hydrogen-bond acceptors (Lipinski definition) is 6. The first-order valence-corrected chi connectivity index (χ1v) is 8.38. The summed E-state index contributed by atoms with van der Waals surface area (Å²) in [6.45, 7) is 0. The number of para-hydroxylation sites is 1. The Morgan fingerprint density at radius 3 is 1.86 bits per heavy atom. The Morgan fingerprint density at radius 2 is 1.29 bits per heavy atom. The molecule has 0 saturated heterocycles. The van der Waals surface area contributed by atoms with Crippen molar-refractivity contribution >= 4 is 20.2 Å². The van der Waals surface area contributed by atoms with Gasteiger partial charge in [-0.15, -0.1) is 0 Å². The molecule has 0 aliphatic heterocycles. The second-order valence-corrected chi connectivity index (χ2v) is 6.71. The van der Waals surface area contributed by atoms with Crippen LogP contribution in [0.25, 0.3) is 0 Å². The Hall–Kier alpha value is -1.94. The van der Waals surface area contributed by atoms with E-state index in [-0.39, 0.29) is 5.75 Å². The third-order valence-corrected chi connectivity index (χ3v) is 4.54. The van der Waals surface area contributed by atoms with Crippen molar-refractivity contribution < 1.29 is 30.6 Å². The predicted molar refractivity (Wildman–Crippen MR) is 71.6 cm³/mol. The van der Waals surface area contributed by atoms with Crippen molar-refractivity contribution in [2.24, 2.45) is 0 Å². The van der Waals surface area contributed by atoms with Gasteiger partial charge in [-0.2, -0.15) is 16.8 Å². The van der Waals surface area contributed by atoms with Gasteiger partial charge in [0.15, 0.2) is 5.75 Å². The number of hydrogen-bond donors (Lipinski definition) is 1.